The fraction of sp³-hybridized carbons (Fsp3) is 0.857. The zero-order chi connectivity index (χ0) is 15.0. The average Bonchev–Trinajstić information content (AvgIpc) is 2.59. The number of carbonyl (C=O) groups excluding carboxylic acids is 1. The van der Waals surface area contributed by atoms with Gasteiger partial charge in [0.15, 0.2) is 0 Å². The fourth-order valence-corrected chi connectivity index (χ4v) is 2.63. The molecule has 0 aromatic carbocycles. The summed E-state index contributed by atoms with van der Waals surface area (Å²) in [6.45, 7) is 0.672. The molecular formula is C14H26N2O4. The maximum Gasteiger partial charge on any atom is 0.317 e. The largest absolute Gasteiger partial charge is 0.481 e. The molecule has 1 saturated carbocycles. The normalized spacial score (nSPS) is 18.1. The van der Waals surface area contributed by atoms with Crippen LogP contribution in [0.2, 0.25) is 0 Å². The van der Waals surface area contributed by atoms with Gasteiger partial charge in [-0.05, 0) is 19.3 Å². The van der Waals surface area contributed by atoms with Crippen molar-refractivity contribution in [2.45, 2.75) is 57.0 Å². The topological polar surface area (TPSA) is 89.9 Å². The van der Waals surface area contributed by atoms with Crippen LogP contribution in [0.15, 0.2) is 0 Å². The molecule has 116 valence electrons. The maximum atomic E-state index is 11.8. The number of nitrogens with one attached hydrogen (secondary N) is 1. The molecule has 0 aromatic rings. The van der Waals surface area contributed by atoms with Crippen LogP contribution >= 0.6 is 0 Å². The number of aliphatic carboxylic acids is 1. The number of nitrogens with zero attached hydrogens (tertiary/aromatic N) is 1. The van der Waals surface area contributed by atoms with Gasteiger partial charge < -0.3 is 20.4 Å². The van der Waals surface area contributed by atoms with Gasteiger partial charge in [-0.15, -0.1) is 0 Å². The molecule has 1 rings (SSSR count). The molecule has 6 nitrogen and oxygen atoms in total. The highest BCUT2D eigenvalue weighted by atomic mass is 16.4. The summed E-state index contributed by atoms with van der Waals surface area (Å²) in [6.07, 6.45) is 6.25. The van der Waals surface area contributed by atoms with Gasteiger partial charge in [-0.3, -0.25) is 4.79 Å². The number of carboxylic acids is 1. The third kappa shape index (κ3) is 6.23. The molecule has 1 aliphatic carbocycles. The van der Waals surface area contributed by atoms with Crippen molar-refractivity contribution in [2.75, 3.05) is 20.1 Å². The highest BCUT2D eigenvalue weighted by Gasteiger charge is 2.30. The Bertz CT molecular complexity index is 325. The Morgan fingerprint density at radius 3 is 2.35 bits per heavy atom. The molecule has 0 aromatic heterocycles. The number of carbonyl (C=O) groups is 2. The number of carboxylic acid groups (broad SMARTS) is 1. The molecule has 3 N–H and O–H groups in total. The summed E-state index contributed by atoms with van der Waals surface area (Å²) >= 11 is 0. The summed E-state index contributed by atoms with van der Waals surface area (Å²) in [5, 5.41) is 21.7. The predicted octanol–water partition coefficient (Wildman–Crippen LogP) is 1.58. The molecule has 0 heterocycles. The Morgan fingerprint density at radius 2 is 1.80 bits per heavy atom. The van der Waals surface area contributed by atoms with Crippen molar-refractivity contribution in [3.8, 4) is 0 Å². The second-order valence-electron chi connectivity index (χ2n) is 5.72. The molecule has 0 unspecified atom stereocenters. The average molecular weight is 286 g/mol. The van der Waals surface area contributed by atoms with Gasteiger partial charge in [0.2, 0.25) is 0 Å². The molecule has 0 radical (unpaired) electrons. The van der Waals surface area contributed by atoms with Crippen molar-refractivity contribution in [3.63, 3.8) is 0 Å². The van der Waals surface area contributed by atoms with Crippen LogP contribution in [0, 0.1) is 0 Å². The first kappa shape index (κ1) is 16.8. The third-order valence-corrected chi connectivity index (χ3v) is 3.76. The minimum Gasteiger partial charge on any atom is -0.481 e. The summed E-state index contributed by atoms with van der Waals surface area (Å²) < 4.78 is 0. The fourth-order valence-electron chi connectivity index (χ4n) is 2.63. The number of likely N-dealkylation sites (N-methyl/N-ethyl adjacent to an activating group) is 1. The highest BCUT2D eigenvalue weighted by Crippen LogP contribution is 2.27. The second kappa shape index (κ2) is 8.09. The molecular weight excluding hydrogens is 260 g/mol. The van der Waals surface area contributed by atoms with E-state index in [9.17, 15) is 14.7 Å². The van der Waals surface area contributed by atoms with E-state index in [4.69, 9.17) is 5.11 Å². The SMILES string of the molecule is CN(CC1(O)CCCCCC1)C(=O)NCCCC(=O)O. The molecule has 0 bridgehead atoms. The number of hydrogen-bond donors (Lipinski definition) is 3. The van der Waals surface area contributed by atoms with Crippen molar-refractivity contribution in [1.82, 2.24) is 10.2 Å². The molecule has 0 saturated heterocycles. The standard InChI is InChI=1S/C14H26N2O4/c1-16(13(19)15-10-6-7-12(17)18)11-14(20)8-4-2-3-5-9-14/h20H,2-11H2,1H3,(H,15,19)(H,17,18). The van der Waals surface area contributed by atoms with E-state index in [0.717, 1.165) is 38.5 Å². The summed E-state index contributed by atoms with van der Waals surface area (Å²) in [4.78, 5) is 23.7. The van der Waals surface area contributed by atoms with Gasteiger partial charge in [0.05, 0.1) is 12.1 Å². The van der Waals surface area contributed by atoms with Gasteiger partial charge in [-0.1, -0.05) is 25.7 Å². The molecule has 0 aliphatic heterocycles. The first-order valence-corrected chi connectivity index (χ1v) is 7.36. The zero-order valence-corrected chi connectivity index (χ0v) is 12.2. The Balaban J connectivity index is 2.30. The molecule has 20 heavy (non-hydrogen) atoms. The first-order chi connectivity index (χ1) is 9.43. The van der Waals surface area contributed by atoms with E-state index in [1.54, 1.807) is 7.05 Å². The number of aliphatic hydroxyl groups is 1. The van der Waals surface area contributed by atoms with Crippen molar-refractivity contribution < 1.29 is 19.8 Å². The summed E-state index contributed by atoms with van der Waals surface area (Å²) in [7, 11) is 1.66. The zero-order valence-electron chi connectivity index (χ0n) is 12.2. The van der Waals surface area contributed by atoms with Gasteiger partial charge in [0.25, 0.3) is 0 Å². The molecule has 0 spiro atoms. The summed E-state index contributed by atoms with van der Waals surface area (Å²) in [5.74, 6) is -0.861. The Morgan fingerprint density at radius 1 is 1.20 bits per heavy atom. The van der Waals surface area contributed by atoms with Crippen LogP contribution in [0.3, 0.4) is 0 Å². The van der Waals surface area contributed by atoms with E-state index in [1.807, 2.05) is 0 Å². The van der Waals surface area contributed by atoms with E-state index < -0.39 is 11.6 Å². The minimum atomic E-state index is -0.861. The predicted molar refractivity (Wildman–Crippen MR) is 75.6 cm³/mol. The number of hydrogen-bond acceptors (Lipinski definition) is 3. The van der Waals surface area contributed by atoms with Gasteiger partial charge in [0.1, 0.15) is 0 Å². The molecule has 1 aliphatic rings. The number of amides is 2. The van der Waals surface area contributed by atoms with Crippen LogP contribution in [0.1, 0.15) is 51.4 Å². The number of urea groups is 1. The van der Waals surface area contributed by atoms with Crippen LogP contribution in [-0.2, 0) is 4.79 Å². The van der Waals surface area contributed by atoms with E-state index in [0.29, 0.717) is 19.5 Å². The van der Waals surface area contributed by atoms with Crippen molar-refractivity contribution in [3.05, 3.63) is 0 Å². The lowest BCUT2D eigenvalue weighted by Crippen LogP contribution is -2.47. The first-order valence-electron chi connectivity index (χ1n) is 7.36. The minimum absolute atomic E-state index is 0.0495. The van der Waals surface area contributed by atoms with Crippen molar-refractivity contribution in [2.24, 2.45) is 0 Å². The molecule has 2 amide bonds. The molecule has 0 atom stereocenters. The lowest BCUT2D eigenvalue weighted by Gasteiger charge is -2.31. The highest BCUT2D eigenvalue weighted by molar-refractivity contribution is 5.74. The van der Waals surface area contributed by atoms with Crippen molar-refractivity contribution >= 4 is 12.0 Å². The van der Waals surface area contributed by atoms with Crippen molar-refractivity contribution in [1.29, 1.82) is 0 Å². The molecule has 6 heteroatoms. The second-order valence-corrected chi connectivity index (χ2v) is 5.72. The third-order valence-electron chi connectivity index (χ3n) is 3.76. The van der Waals surface area contributed by atoms with Crippen LogP contribution in [0.4, 0.5) is 4.79 Å². The van der Waals surface area contributed by atoms with Gasteiger partial charge >= 0.3 is 12.0 Å². The Labute approximate surface area is 120 Å². The van der Waals surface area contributed by atoms with Crippen LogP contribution in [-0.4, -0.2) is 52.9 Å². The van der Waals surface area contributed by atoms with Crippen LogP contribution in [0.25, 0.3) is 0 Å². The summed E-state index contributed by atoms with van der Waals surface area (Å²) in [5.41, 5.74) is -0.774. The Kier molecular flexibility index (Phi) is 6.78. The van der Waals surface area contributed by atoms with E-state index in [-0.39, 0.29) is 12.5 Å². The van der Waals surface area contributed by atoms with Crippen LogP contribution in [0.5, 0.6) is 0 Å². The van der Waals surface area contributed by atoms with E-state index in [1.165, 1.54) is 4.90 Å². The lowest BCUT2D eigenvalue weighted by molar-refractivity contribution is -0.137. The quantitative estimate of drug-likeness (QED) is 0.511. The monoisotopic (exact) mass is 286 g/mol. The lowest BCUT2D eigenvalue weighted by atomic mass is 9.94. The van der Waals surface area contributed by atoms with Gasteiger partial charge in [-0.25, -0.2) is 4.79 Å². The van der Waals surface area contributed by atoms with Gasteiger partial charge in [0, 0.05) is 20.0 Å². The smallest absolute Gasteiger partial charge is 0.317 e. The maximum absolute atomic E-state index is 11.8. The van der Waals surface area contributed by atoms with Crippen LogP contribution < -0.4 is 5.32 Å². The summed E-state index contributed by atoms with van der Waals surface area (Å²) in [6, 6.07) is -0.256. The van der Waals surface area contributed by atoms with E-state index in [2.05, 4.69) is 5.32 Å². The van der Waals surface area contributed by atoms with Gasteiger partial charge in [-0.2, -0.15) is 0 Å². The van der Waals surface area contributed by atoms with E-state index >= 15 is 0 Å². The molecule has 1 fully saturated rings. The Hall–Kier alpha value is -1.30. The number of rotatable bonds is 6.